The number of hydrogen-bond acceptors (Lipinski definition) is 4. The van der Waals surface area contributed by atoms with Crippen molar-refractivity contribution in [2.45, 2.75) is 31.2 Å². The number of phenols is 2. The quantitative estimate of drug-likeness (QED) is 0.655. The summed E-state index contributed by atoms with van der Waals surface area (Å²) in [5.41, 5.74) is -0.989. The number of carbonyl (C=O) groups excluding carboxylic acids is 1. The zero-order chi connectivity index (χ0) is 14.0. The minimum Gasteiger partial charge on any atom is -0.507 e. The maximum absolute atomic E-state index is 12.1. The van der Waals surface area contributed by atoms with Crippen molar-refractivity contribution < 1.29 is 24.9 Å². The first-order chi connectivity index (χ1) is 8.93. The highest BCUT2D eigenvalue weighted by Crippen LogP contribution is 2.36. The number of carbonyl (C=O) groups is 2. The Morgan fingerprint density at radius 2 is 1.79 bits per heavy atom. The third-order valence-electron chi connectivity index (χ3n) is 3.43. The number of rotatable bonds is 4. The standard InChI is InChI=1S/C13H15NO5/c15-8-3-1-4-9(16)11(8)12(19)14-13(5-2-6-13)7-10(17)18/h1,3-4,15-16H,2,5-7H2,(H,14,19)(H,17,18). The van der Waals surface area contributed by atoms with E-state index in [-0.39, 0.29) is 23.5 Å². The summed E-state index contributed by atoms with van der Waals surface area (Å²) in [6.07, 6.45) is 1.85. The van der Waals surface area contributed by atoms with E-state index in [0.717, 1.165) is 6.42 Å². The molecule has 0 aromatic heterocycles. The molecular formula is C13H15NO5. The molecule has 102 valence electrons. The number of carboxylic acid groups (broad SMARTS) is 1. The Kier molecular flexibility index (Phi) is 3.33. The van der Waals surface area contributed by atoms with Crippen LogP contribution < -0.4 is 5.32 Å². The number of carboxylic acids is 1. The van der Waals surface area contributed by atoms with Crippen molar-refractivity contribution in [3.8, 4) is 11.5 Å². The molecule has 1 saturated carbocycles. The SMILES string of the molecule is O=C(O)CC1(NC(=O)c2c(O)cccc2O)CCC1. The van der Waals surface area contributed by atoms with Crippen LogP contribution in [-0.4, -0.2) is 32.7 Å². The van der Waals surface area contributed by atoms with Crippen LogP contribution >= 0.6 is 0 Å². The minimum absolute atomic E-state index is 0.160. The number of hydrogen-bond donors (Lipinski definition) is 4. The van der Waals surface area contributed by atoms with Crippen molar-refractivity contribution in [2.75, 3.05) is 0 Å². The van der Waals surface area contributed by atoms with Crippen molar-refractivity contribution in [2.24, 2.45) is 0 Å². The molecule has 0 atom stereocenters. The number of aliphatic carboxylic acids is 1. The van der Waals surface area contributed by atoms with Gasteiger partial charge >= 0.3 is 5.97 Å². The average molecular weight is 265 g/mol. The zero-order valence-electron chi connectivity index (χ0n) is 10.2. The number of benzene rings is 1. The molecule has 0 heterocycles. The second-order valence-electron chi connectivity index (χ2n) is 4.83. The van der Waals surface area contributed by atoms with E-state index in [1.54, 1.807) is 0 Å². The first-order valence-corrected chi connectivity index (χ1v) is 5.99. The number of amides is 1. The van der Waals surface area contributed by atoms with E-state index in [1.165, 1.54) is 18.2 Å². The number of phenolic OH excluding ortho intramolecular Hbond substituents is 2. The lowest BCUT2D eigenvalue weighted by atomic mass is 9.74. The lowest BCUT2D eigenvalue weighted by Gasteiger charge is -2.41. The number of nitrogens with one attached hydrogen (secondary N) is 1. The summed E-state index contributed by atoms with van der Waals surface area (Å²) in [5.74, 6) is -2.30. The largest absolute Gasteiger partial charge is 0.507 e. The molecule has 0 aliphatic heterocycles. The van der Waals surface area contributed by atoms with E-state index < -0.39 is 17.4 Å². The van der Waals surface area contributed by atoms with Gasteiger partial charge in [-0.1, -0.05) is 6.07 Å². The fourth-order valence-corrected chi connectivity index (χ4v) is 2.30. The molecule has 1 aliphatic carbocycles. The lowest BCUT2D eigenvalue weighted by molar-refractivity contribution is -0.139. The predicted molar refractivity (Wildman–Crippen MR) is 66.1 cm³/mol. The topological polar surface area (TPSA) is 107 Å². The van der Waals surface area contributed by atoms with Gasteiger partial charge in [-0.2, -0.15) is 0 Å². The van der Waals surface area contributed by atoms with Crippen LogP contribution in [0.1, 0.15) is 36.0 Å². The fourth-order valence-electron chi connectivity index (χ4n) is 2.30. The van der Waals surface area contributed by atoms with Crippen molar-refractivity contribution in [3.63, 3.8) is 0 Å². The molecule has 0 bridgehead atoms. The highest BCUT2D eigenvalue weighted by Gasteiger charge is 2.41. The van der Waals surface area contributed by atoms with Crippen molar-refractivity contribution in [3.05, 3.63) is 23.8 Å². The fraction of sp³-hybridized carbons (Fsp3) is 0.385. The summed E-state index contributed by atoms with van der Waals surface area (Å²) in [5, 5.41) is 30.7. The van der Waals surface area contributed by atoms with Crippen LogP contribution in [0, 0.1) is 0 Å². The van der Waals surface area contributed by atoms with Gasteiger partial charge in [-0.25, -0.2) is 0 Å². The summed E-state index contributed by atoms with van der Waals surface area (Å²) >= 11 is 0. The van der Waals surface area contributed by atoms with Crippen LogP contribution in [0.2, 0.25) is 0 Å². The van der Waals surface area contributed by atoms with Gasteiger partial charge in [0.15, 0.2) is 0 Å². The predicted octanol–water partition coefficient (Wildman–Crippen LogP) is 1.22. The van der Waals surface area contributed by atoms with Gasteiger partial charge in [-0.15, -0.1) is 0 Å². The smallest absolute Gasteiger partial charge is 0.305 e. The Morgan fingerprint density at radius 3 is 2.21 bits per heavy atom. The van der Waals surface area contributed by atoms with E-state index in [2.05, 4.69) is 5.32 Å². The molecule has 4 N–H and O–H groups in total. The van der Waals surface area contributed by atoms with E-state index in [4.69, 9.17) is 5.11 Å². The number of aromatic hydroxyl groups is 2. The third kappa shape index (κ3) is 2.62. The molecule has 1 aromatic carbocycles. The molecule has 1 aliphatic rings. The Hall–Kier alpha value is -2.24. The molecular weight excluding hydrogens is 250 g/mol. The summed E-state index contributed by atoms with van der Waals surface area (Å²) in [6, 6.07) is 4.00. The molecule has 19 heavy (non-hydrogen) atoms. The van der Waals surface area contributed by atoms with Crippen LogP contribution in [-0.2, 0) is 4.79 Å². The lowest BCUT2D eigenvalue weighted by Crippen LogP contribution is -2.54. The van der Waals surface area contributed by atoms with E-state index in [9.17, 15) is 19.8 Å². The molecule has 0 radical (unpaired) electrons. The van der Waals surface area contributed by atoms with Crippen LogP contribution in [0.5, 0.6) is 11.5 Å². The van der Waals surface area contributed by atoms with Crippen molar-refractivity contribution >= 4 is 11.9 Å². The normalized spacial score (nSPS) is 16.4. The Morgan fingerprint density at radius 1 is 1.21 bits per heavy atom. The first kappa shape index (κ1) is 13.2. The molecule has 0 spiro atoms. The third-order valence-corrected chi connectivity index (χ3v) is 3.43. The second-order valence-corrected chi connectivity index (χ2v) is 4.83. The summed E-state index contributed by atoms with van der Waals surface area (Å²) < 4.78 is 0. The molecule has 1 amide bonds. The Labute approximate surface area is 109 Å². The van der Waals surface area contributed by atoms with Crippen LogP contribution in [0.25, 0.3) is 0 Å². The molecule has 2 rings (SSSR count). The van der Waals surface area contributed by atoms with Gasteiger partial charge in [0, 0.05) is 0 Å². The van der Waals surface area contributed by atoms with Gasteiger partial charge in [-0.3, -0.25) is 9.59 Å². The summed E-state index contributed by atoms with van der Waals surface area (Å²) in [4.78, 5) is 22.9. The van der Waals surface area contributed by atoms with Gasteiger partial charge in [0.2, 0.25) is 0 Å². The van der Waals surface area contributed by atoms with E-state index in [0.29, 0.717) is 12.8 Å². The summed E-state index contributed by atoms with van der Waals surface area (Å²) in [6.45, 7) is 0. The highest BCUT2D eigenvalue weighted by molar-refractivity contribution is 6.00. The second kappa shape index (κ2) is 4.79. The monoisotopic (exact) mass is 265 g/mol. The van der Waals surface area contributed by atoms with Crippen LogP contribution in [0.4, 0.5) is 0 Å². The molecule has 0 unspecified atom stereocenters. The van der Waals surface area contributed by atoms with E-state index in [1.807, 2.05) is 0 Å². The van der Waals surface area contributed by atoms with Gasteiger partial charge < -0.3 is 20.6 Å². The van der Waals surface area contributed by atoms with Gasteiger partial charge in [0.1, 0.15) is 17.1 Å². The van der Waals surface area contributed by atoms with Gasteiger partial charge in [-0.05, 0) is 31.4 Å². The zero-order valence-corrected chi connectivity index (χ0v) is 10.2. The molecule has 1 aromatic rings. The maximum Gasteiger partial charge on any atom is 0.305 e. The van der Waals surface area contributed by atoms with Crippen molar-refractivity contribution in [1.29, 1.82) is 0 Å². The van der Waals surface area contributed by atoms with Crippen LogP contribution in [0.15, 0.2) is 18.2 Å². The Bertz CT molecular complexity index is 502. The summed E-state index contributed by atoms with van der Waals surface area (Å²) in [7, 11) is 0. The van der Waals surface area contributed by atoms with Gasteiger partial charge in [0.05, 0.1) is 12.0 Å². The average Bonchev–Trinajstić information content (AvgIpc) is 2.25. The molecule has 0 saturated heterocycles. The van der Waals surface area contributed by atoms with Gasteiger partial charge in [0.25, 0.3) is 5.91 Å². The maximum atomic E-state index is 12.1. The molecule has 6 nitrogen and oxygen atoms in total. The first-order valence-electron chi connectivity index (χ1n) is 5.99. The van der Waals surface area contributed by atoms with Crippen molar-refractivity contribution in [1.82, 2.24) is 5.32 Å². The minimum atomic E-state index is -0.985. The Balaban J connectivity index is 2.19. The molecule has 6 heteroatoms. The highest BCUT2D eigenvalue weighted by atomic mass is 16.4. The van der Waals surface area contributed by atoms with Crippen LogP contribution in [0.3, 0.4) is 0 Å². The van der Waals surface area contributed by atoms with E-state index >= 15 is 0 Å². The molecule has 1 fully saturated rings.